The van der Waals surface area contributed by atoms with Crippen LogP contribution in [0.4, 0.5) is 17.6 Å². The monoisotopic (exact) mass is 202 g/mol. The number of halogens is 4. The van der Waals surface area contributed by atoms with Gasteiger partial charge in [0.25, 0.3) is 0 Å². The molecular formula is C7H10F4O2. The van der Waals surface area contributed by atoms with Crippen LogP contribution in [0.3, 0.4) is 0 Å². The molecule has 0 bridgehead atoms. The average Bonchev–Trinajstić information content (AvgIpc) is 1.93. The van der Waals surface area contributed by atoms with Gasteiger partial charge in [-0.3, -0.25) is 4.74 Å². The molecule has 0 spiro atoms. The molecule has 3 atom stereocenters. The molecule has 1 fully saturated rings. The molecular weight excluding hydrogens is 192 g/mol. The normalized spacial score (nSPS) is 36.2. The van der Waals surface area contributed by atoms with E-state index in [9.17, 15) is 17.6 Å². The maximum atomic E-state index is 12.8. The molecule has 0 aliphatic heterocycles. The van der Waals surface area contributed by atoms with E-state index in [2.05, 4.69) is 4.74 Å². The first-order chi connectivity index (χ1) is 5.88. The lowest BCUT2D eigenvalue weighted by Gasteiger charge is -2.29. The molecule has 2 nitrogen and oxygen atoms in total. The fourth-order valence-corrected chi connectivity index (χ4v) is 1.37. The third-order valence-corrected chi connectivity index (χ3v) is 1.97. The number of ether oxygens (including phenoxy) is 1. The molecule has 1 saturated carbocycles. The number of alkyl halides is 4. The standard InChI is InChI=1S/C7H10F4O2/c8-5-3-4(12)1-2-6(5)13-7(9,10)11/h4-6,12H,1-3H2. The average molecular weight is 202 g/mol. The maximum absolute atomic E-state index is 12.8. The predicted octanol–water partition coefficient (Wildman–Crippen LogP) is 1.77. The lowest BCUT2D eigenvalue weighted by molar-refractivity contribution is -0.352. The van der Waals surface area contributed by atoms with E-state index >= 15 is 0 Å². The zero-order chi connectivity index (χ0) is 10.1. The van der Waals surface area contributed by atoms with Gasteiger partial charge in [-0.25, -0.2) is 4.39 Å². The van der Waals surface area contributed by atoms with Gasteiger partial charge >= 0.3 is 6.36 Å². The minimum Gasteiger partial charge on any atom is -0.393 e. The molecule has 0 aromatic heterocycles. The Hall–Kier alpha value is -0.360. The molecule has 0 aromatic carbocycles. The van der Waals surface area contributed by atoms with E-state index in [1.165, 1.54) is 0 Å². The third-order valence-electron chi connectivity index (χ3n) is 1.97. The van der Waals surface area contributed by atoms with Gasteiger partial charge in [0.15, 0.2) is 0 Å². The summed E-state index contributed by atoms with van der Waals surface area (Å²) in [4.78, 5) is 0. The quantitative estimate of drug-likeness (QED) is 0.656. The summed E-state index contributed by atoms with van der Waals surface area (Å²) < 4.78 is 51.4. The van der Waals surface area contributed by atoms with Crippen LogP contribution in [0, 0.1) is 0 Å². The zero-order valence-electron chi connectivity index (χ0n) is 6.72. The van der Waals surface area contributed by atoms with Crippen molar-refractivity contribution in [2.24, 2.45) is 0 Å². The van der Waals surface area contributed by atoms with Gasteiger partial charge in [0.1, 0.15) is 6.17 Å². The molecule has 0 radical (unpaired) electrons. The number of hydrogen-bond donors (Lipinski definition) is 1. The van der Waals surface area contributed by atoms with Crippen LogP contribution < -0.4 is 0 Å². The van der Waals surface area contributed by atoms with Crippen LogP contribution in [-0.2, 0) is 4.74 Å². The van der Waals surface area contributed by atoms with Crippen molar-refractivity contribution >= 4 is 0 Å². The molecule has 0 aromatic rings. The van der Waals surface area contributed by atoms with E-state index in [-0.39, 0.29) is 19.3 Å². The second-order valence-electron chi connectivity index (χ2n) is 3.08. The SMILES string of the molecule is OC1CCC(OC(F)(F)F)C(F)C1. The van der Waals surface area contributed by atoms with E-state index in [0.29, 0.717) is 0 Å². The first kappa shape index (κ1) is 10.7. The van der Waals surface area contributed by atoms with Crippen LogP contribution >= 0.6 is 0 Å². The highest BCUT2D eigenvalue weighted by molar-refractivity contribution is 4.80. The number of aliphatic hydroxyl groups excluding tert-OH is 1. The van der Waals surface area contributed by atoms with Crippen molar-refractivity contribution in [3.63, 3.8) is 0 Å². The first-order valence-corrected chi connectivity index (χ1v) is 3.95. The molecule has 1 aliphatic carbocycles. The van der Waals surface area contributed by atoms with E-state index < -0.39 is 24.7 Å². The van der Waals surface area contributed by atoms with Crippen molar-refractivity contribution in [1.82, 2.24) is 0 Å². The van der Waals surface area contributed by atoms with Crippen molar-refractivity contribution < 1.29 is 27.4 Å². The zero-order valence-corrected chi connectivity index (χ0v) is 6.72. The van der Waals surface area contributed by atoms with Crippen LogP contribution in [0.1, 0.15) is 19.3 Å². The Morgan fingerprint density at radius 1 is 1.23 bits per heavy atom. The number of rotatable bonds is 1. The molecule has 1 aliphatic rings. The Balaban J connectivity index is 2.43. The van der Waals surface area contributed by atoms with E-state index in [1.807, 2.05) is 0 Å². The Labute approximate surface area is 72.5 Å². The van der Waals surface area contributed by atoms with Gasteiger partial charge in [0.2, 0.25) is 0 Å². The van der Waals surface area contributed by atoms with Crippen molar-refractivity contribution in [3.8, 4) is 0 Å². The van der Waals surface area contributed by atoms with Crippen LogP contribution in [-0.4, -0.2) is 29.8 Å². The Bertz CT molecular complexity index is 170. The molecule has 0 saturated heterocycles. The highest BCUT2D eigenvalue weighted by atomic mass is 19.4. The van der Waals surface area contributed by atoms with Crippen LogP contribution in [0.15, 0.2) is 0 Å². The fourth-order valence-electron chi connectivity index (χ4n) is 1.37. The molecule has 3 unspecified atom stereocenters. The minimum absolute atomic E-state index is 0.0954. The lowest BCUT2D eigenvalue weighted by Crippen LogP contribution is -2.38. The predicted molar refractivity (Wildman–Crippen MR) is 35.7 cm³/mol. The van der Waals surface area contributed by atoms with Crippen molar-refractivity contribution in [2.45, 2.75) is 44.0 Å². The number of aliphatic hydroxyl groups is 1. The van der Waals surface area contributed by atoms with E-state index in [0.717, 1.165) is 0 Å². The minimum atomic E-state index is -4.79. The molecule has 13 heavy (non-hydrogen) atoms. The van der Waals surface area contributed by atoms with E-state index in [1.54, 1.807) is 0 Å². The van der Waals surface area contributed by atoms with Gasteiger partial charge < -0.3 is 5.11 Å². The molecule has 0 amide bonds. The lowest BCUT2D eigenvalue weighted by atomic mass is 9.93. The fraction of sp³-hybridized carbons (Fsp3) is 1.00. The number of hydrogen-bond acceptors (Lipinski definition) is 2. The summed E-state index contributed by atoms with van der Waals surface area (Å²) in [6, 6.07) is 0. The highest BCUT2D eigenvalue weighted by Crippen LogP contribution is 2.29. The molecule has 0 heterocycles. The Kier molecular flexibility index (Phi) is 3.13. The van der Waals surface area contributed by atoms with Crippen LogP contribution in [0.5, 0.6) is 0 Å². The Morgan fingerprint density at radius 2 is 1.85 bits per heavy atom. The highest BCUT2D eigenvalue weighted by Gasteiger charge is 2.39. The first-order valence-electron chi connectivity index (χ1n) is 3.95. The van der Waals surface area contributed by atoms with Crippen molar-refractivity contribution in [3.05, 3.63) is 0 Å². The second kappa shape index (κ2) is 3.79. The molecule has 1 N–H and O–H groups in total. The summed E-state index contributed by atoms with van der Waals surface area (Å²) in [6.45, 7) is 0. The summed E-state index contributed by atoms with van der Waals surface area (Å²) >= 11 is 0. The van der Waals surface area contributed by atoms with E-state index in [4.69, 9.17) is 5.11 Å². The van der Waals surface area contributed by atoms with Gasteiger partial charge in [-0.05, 0) is 12.8 Å². The molecule has 6 heteroatoms. The smallest absolute Gasteiger partial charge is 0.393 e. The maximum Gasteiger partial charge on any atom is 0.522 e. The summed E-state index contributed by atoms with van der Waals surface area (Å²) in [6.07, 6.45) is -9.04. The summed E-state index contributed by atoms with van der Waals surface area (Å²) in [5.41, 5.74) is 0. The largest absolute Gasteiger partial charge is 0.522 e. The third kappa shape index (κ3) is 3.48. The summed E-state index contributed by atoms with van der Waals surface area (Å²) in [7, 11) is 0. The van der Waals surface area contributed by atoms with Crippen LogP contribution in [0.2, 0.25) is 0 Å². The van der Waals surface area contributed by atoms with Crippen molar-refractivity contribution in [1.29, 1.82) is 0 Å². The van der Waals surface area contributed by atoms with Crippen LogP contribution in [0.25, 0.3) is 0 Å². The van der Waals surface area contributed by atoms with Gasteiger partial charge in [0, 0.05) is 6.42 Å². The van der Waals surface area contributed by atoms with Gasteiger partial charge in [-0.15, -0.1) is 13.2 Å². The topological polar surface area (TPSA) is 29.5 Å². The van der Waals surface area contributed by atoms with Gasteiger partial charge in [0.05, 0.1) is 12.2 Å². The van der Waals surface area contributed by atoms with Crippen molar-refractivity contribution in [2.75, 3.05) is 0 Å². The Morgan fingerprint density at radius 3 is 2.31 bits per heavy atom. The van der Waals surface area contributed by atoms with Gasteiger partial charge in [-0.2, -0.15) is 0 Å². The second-order valence-corrected chi connectivity index (χ2v) is 3.08. The molecule has 1 rings (SSSR count). The molecule has 78 valence electrons. The summed E-state index contributed by atoms with van der Waals surface area (Å²) in [5, 5.41) is 8.92. The summed E-state index contributed by atoms with van der Waals surface area (Å²) in [5.74, 6) is 0. The van der Waals surface area contributed by atoms with Gasteiger partial charge in [-0.1, -0.05) is 0 Å².